The highest BCUT2D eigenvalue weighted by atomic mass is 16.5. The van der Waals surface area contributed by atoms with Gasteiger partial charge < -0.3 is 10.1 Å². The molecule has 0 aromatic heterocycles. The van der Waals surface area contributed by atoms with Gasteiger partial charge in [-0.1, -0.05) is 50.5 Å². The number of esters is 1. The molecule has 1 aliphatic rings. The molecule has 0 spiro atoms. The summed E-state index contributed by atoms with van der Waals surface area (Å²) in [4.78, 5) is 22.7. The van der Waals surface area contributed by atoms with E-state index in [1.54, 1.807) is 6.08 Å². The monoisotopic (exact) mass is 279 g/mol. The number of hydrogen-bond donors (Lipinski definition) is 1. The van der Waals surface area contributed by atoms with Crippen LogP contribution in [0, 0.1) is 0 Å². The largest absolute Gasteiger partial charge is 0.464 e. The van der Waals surface area contributed by atoms with E-state index in [2.05, 4.69) is 18.3 Å². The molecule has 4 nitrogen and oxygen atoms in total. The Hall–Kier alpha value is -1.58. The van der Waals surface area contributed by atoms with Gasteiger partial charge in [0.05, 0.1) is 6.61 Å². The van der Waals surface area contributed by atoms with Crippen molar-refractivity contribution < 1.29 is 14.3 Å². The highest BCUT2D eigenvalue weighted by Gasteiger charge is 2.27. The SMILES string of the molecule is CCCCCC/C=C\C=C\CC(=O)N[C@H]1CCOC1=O. The van der Waals surface area contributed by atoms with E-state index in [4.69, 9.17) is 4.74 Å². The number of nitrogens with one attached hydrogen (secondary N) is 1. The maximum Gasteiger partial charge on any atom is 0.328 e. The second-order valence-electron chi connectivity index (χ2n) is 4.99. The minimum atomic E-state index is -0.454. The molecule has 112 valence electrons. The molecule has 1 aliphatic heterocycles. The van der Waals surface area contributed by atoms with Crippen LogP contribution in [0.1, 0.15) is 51.9 Å². The van der Waals surface area contributed by atoms with Crippen LogP contribution in [0.25, 0.3) is 0 Å². The second-order valence-corrected chi connectivity index (χ2v) is 4.99. The third-order valence-corrected chi connectivity index (χ3v) is 3.18. The Balaban J connectivity index is 2.06. The number of carbonyl (C=O) groups excluding carboxylic acids is 2. The van der Waals surface area contributed by atoms with Crippen LogP contribution in [0.4, 0.5) is 0 Å². The number of hydrogen-bond acceptors (Lipinski definition) is 3. The van der Waals surface area contributed by atoms with Gasteiger partial charge in [0.15, 0.2) is 0 Å². The topological polar surface area (TPSA) is 55.4 Å². The van der Waals surface area contributed by atoms with Crippen LogP contribution < -0.4 is 5.32 Å². The first-order valence-electron chi connectivity index (χ1n) is 7.51. The van der Waals surface area contributed by atoms with Gasteiger partial charge in [0.1, 0.15) is 6.04 Å². The number of amides is 1. The van der Waals surface area contributed by atoms with Crippen molar-refractivity contribution in [1.29, 1.82) is 0 Å². The van der Waals surface area contributed by atoms with Crippen LogP contribution in [0.15, 0.2) is 24.3 Å². The summed E-state index contributed by atoms with van der Waals surface area (Å²) in [5.74, 6) is -0.462. The molecule has 4 heteroatoms. The Morgan fingerprint density at radius 3 is 2.80 bits per heavy atom. The molecule has 0 unspecified atom stereocenters. The van der Waals surface area contributed by atoms with E-state index < -0.39 is 6.04 Å². The molecular formula is C16H25NO3. The van der Waals surface area contributed by atoms with Gasteiger partial charge in [-0.05, 0) is 12.8 Å². The number of allylic oxidation sites excluding steroid dienone is 3. The fourth-order valence-electron chi connectivity index (χ4n) is 2.00. The molecule has 0 radical (unpaired) electrons. The number of ether oxygens (including phenoxy) is 1. The van der Waals surface area contributed by atoms with Crippen LogP contribution in [-0.2, 0) is 14.3 Å². The molecule has 20 heavy (non-hydrogen) atoms. The highest BCUT2D eigenvalue weighted by Crippen LogP contribution is 2.06. The van der Waals surface area contributed by atoms with Crippen molar-refractivity contribution in [3.05, 3.63) is 24.3 Å². The predicted octanol–water partition coefficient (Wildman–Crippen LogP) is 2.89. The van der Waals surface area contributed by atoms with Gasteiger partial charge in [0.2, 0.25) is 5.91 Å². The molecule has 1 rings (SSSR count). The Bertz CT molecular complexity index is 361. The summed E-state index contributed by atoms with van der Waals surface area (Å²) in [5.41, 5.74) is 0. The Kier molecular flexibility index (Phi) is 8.43. The van der Waals surface area contributed by atoms with E-state index >= 15 is 0 Å². The quantitative estimate of drug-likeness (QED) is 0.401. The fourth-order valence-corrected chi connectivity index (χ4v) is 2.00. The molecule has 0 aromatic carbocycles. The molecule has 0 aliphatic carbocycles. The summed E-state index contributed by atoms with van der Waals surface area (Å²) in [6.45, 7) is 2.61. The third kappa shape index (κ3) is 7.12. The molecule has 0 bridgehead atoms. The van der Waals surface area contributed by atoms with Crippen LogP contribution in [-0.4, -0.2) is 24.5 Å². The number of carbonyl (C=O) groups is 2. The van der Waals surface area contributed by atoms with E-state index in [-0.39, 0.29) is 11.9 Å². The van der Waals surface area contributed by atoms with E-state index in [9.17, 15) is 9.59 Å². The second kappa shape index (κ2) is 10.2. The van der Waals surface area contributed by atoms with E-state index in [1.165, 1.54) is 25.7 Å². The lowest BCUT2D eigenvalue weighted by molar-refractivity contribution is -0.141. The summed E-state index contributed by atoms with van der Waals surface area (Å²) in [6.07, 6.45) is 14.8. The third-order valence-electron chi connectivity index (χ3n) is 3.18. The lowest BCUT2D eigenvalue weighted by Gasteiger charge is -2.06. The Morgan fingerprint density at radius 1 is 1.30 bits per heavy atom. The van der Waals surface area contributed by atoms with Crippen molar-refractivity contribution in [3.63, 3.8) is 0 Å². The van der Waals surface area contributed by atoms with Crippen molar-refractivity contribution >= 4 is 11.9 Å². The first-order valence-corrected chi connectivity index (χ1v) is 7.51. The lowest BCUT2D eigenvalue weighted by Crippen LogP contribution is -2.37. The maximum atomic E-state index is 11.6. The van der Waals surface area contributed by atoms with Gasteiger partial charge in [0, 0.05) is 12.8 Å². The van der Waals surface area contributed by atoms with Crippen molar-refractivity contribution in [2.24, 2.45) is 0 Å². The van der Waals surface area contributed by atoms with Gasteiger partial charge in [0.25, 0.3) is 0 Å². The first-order chi connectivity index (χ1) is 9.74. The molecule has 1 atom stereocenters. The molecule has 1 saturated heterocycles. The maximum absolute atomic E-state index is 11.6. The molecule has 1 heterocycles. The minimum absolute atomic E-state index is 0.138. The van der Waals surface area contributed by atoms with E-state index in [0.717, 1.165) is 6.42 Å². The molecule has 1 fully saturated rings. The van der Waals surface area contributed by atoms with Crippen LogP contribution in [0.2, 0.25) is 0 Å². The first kappa shape index (κ1) is 16.5. The molecule has 1 amide bonds. The molecule has 0 saturated carbocycles. The van der Waals surface area contributed by atoms with Gasteiger partial charge in [-0.3, -0.25) is 4.79 Å². The molecule has 1 N–H and O–H groups in total. The average molecular weight is 279 g/mol. The summed E-state index contributed by atoms with van der Waals surface area (Å²) in [5, 5.41) is 2.67. The zero-order valence-corrected chi connectivity index (χ0v) is 12.3. The minimum Gasteiger partial charge on any atom is -0.464 e. The lowest BCUT2D eigenvalue weighted by atomic mass is 10.1. The number of cyclic esters (lactones) is 1. The predicted molar refractivity (Wildman–Crippen MR) is 79.2 cm³/mol. The zero-order valence-electron chi connectivity index (χ0n) is 12.3. The smallest absolute Gasteiger partial charge is 0.328 e. The van der Waals surface area contributed by atoms with Crippen molar-refractivity contribution in [2.75, 3.05) is 6.61 Å². The van der Waals surface area contributed by atoms with E-state index in [1.807, 2.05) is 12.2 Å². The normalized spacial score (nSPS) is 18.9. The van der Waals surface area contributed by atoms with Crippen LogP contribution in [0.5, 0.6) is 0 Å². The summed E-state index contributed by atoms with van der Waals surface area (Å²) in [6, 6.07) is -0.454. The van der Waals surface area contributed by atoms with Gasteiger partial charge in [-0.2, -0.15) is 0 Å². The van der Waals surface area contributed by atoms with Gasteiger partial charge >= 0.3 is 5.97 Å². The zero-order chi connectivity index (χ0) is 14.6. The number of unbranched alkanes of at least 4 members (excludes halogenated alkanes) is 4. The Labute approximate surface area is 121 Å². The Morgan fingerprint density at radius 2 is 2.10 bits per heavy atom. The van der Waals surface area contributed by atoms with Crippen LogP contribution >= 0.6 is 0 Å². The van der Waals surface area contributed by atoms with Crippen molar-refractivity contribution in [3.8, 4) is 0 Å². The summed E-state index contributed by atoms with van der Waals surface area (Å²) >= 11 is 0. The molecule has 0 aromatic rings. The number of rotatable bonds is 9. The summed E-state index contributed by atoms with van der Waals surface area (Å²) < 4.78 is 4.78. The van der Waals surface area contributed by atoms with Crippen molar-refractivity contribution in [2.45, 2.75) is 57.9 Å². The average Bonchev–Trinajstić information content (AvgIpc) is 2.82. The van der Waals surface area contributed by atoms with Gasteiger partial charge in [-0.25, -0.2) is 4.79 Å². The van der Waals surface area contributed by atoms with Gasteiger partial charge in [-0.15, -0.1) is 0 Å². The fraction of sp³-hybridized carbons (Fsp3) is 0.625. The van der Waals surface area contributed by atoms with E-state index in [0.29, 0.717) is 19.4 Å². The summed E-state index contributed by atoms with van der Waals surface area (Å²) in [7, 11) is 0. The standard InChI is InChI=1S/C16H25NO3/c1-2-3-4-5-6-7-8-9-10-11-15(18)17-14-12-13-20-16(14)19/h7-10,14H,2-6,11-13H2,1H3,(H,17,18)/b8-7-,10-9+/t14-/m0/s1. The highest BCUT2D eigenvalue weighted by molar-refractivity contribution is 5.85. The molecular weight excluding hydrogens is 254 g/mol. The van der Waals surface area contributed by atoms with Crippen molar-refractivity contribution in [1.82, 2.24) is 5.32 Å². The van der Waals surface area contributed by atoms with Crippen LogP contribution in [0.3, 0.4) is 0 Å².